The van der Waals surface area contributed by atoms with Crippen molar-refractivity contribution in [3.63, 3.8) is 0 Å². The van der Waals surface area contributed by atoms with Gasteiger partial charge in [0.05, 0.1) is 12.5 Å². The van der Waals surface area contributed by atoms with Crippen molar-refractivity contribution in [3.05, 3.63) is 29.1 Å². The minimum atomic E-state index is -4.11. The molecule has 30 heavy (non-hydrogen) atoms. The van der Waals surface area contributed by atoms with Crippen LogP contribution in [0.3, 0.4) is 0 Å². The largest absolute Gasteiger partial charge is 0.493 e. The van der Waals surface area contributed by atoms with Gasteiger partial charge >= 0.3 is 6.18 Å². The number of halogens is 4. The third-order valence-corrected chi connectivity index (χ3v) is 6.50. The molecule has 0 spiro atoms. The van der Waals surface area contributed by atoms with Gasteiger partial charge in [-0.25, -0.2) is 4.39 Å². The van der Waals surface area contributed by atoms with E-state index >= 15 is 0 Å². The van der Waals surface area contributed by atoms with E-state index in [0.29, 0.717) is 49.6 Å². The highest BCUT2D eigenvalue weighted by atomic mass is 19.4. The molecule has 3 nitrogen and oxygen atoms in total. The van der Waals surface area contributed by atoms with Crippen LogP contribution in [0.1, 0.15) is 81.3 Å². The summed E-state index contributed by atoms with van der Waals surface area (Å²) in [5.74, 6) is -0.456. The van der Waals surface area contributed by atoms with E-state index in [0.717, 1.165) is 31.2 Å². The first-order chi connectivity index (χ1) is 14.3. The average molecular weight is 429 g/mol. The summed E-state index contributed by atoms with van der Waals surface area (Å²) in [5.41, 5.74) is 1.69. The maximum atomic E-state index is 14.8. The molecule has 0 heterocycles. The van der Waals surface area contributed by atoms with Crippen LogP contribution in [0.25, 0.3) is 0 Å². The Morgan fingerprint density at radius 1 is 1.17 bits per heavy atom. The molecule has 2 aliphatic carbocycles. The molecule has 2 saturated carbocycles. The Morgan fingerprint density at radius 2 is 1.87 bits per heavy atom. The highest BCUT2D eigenvalue weighted by molar-refractivity contribution is 5.45. The molecule has 1 aromatic carbocycles. The van der Waals surface area contributed by atoms with E-state index < -0.39 is 12.1 Å². The number of carbonyl (C=O) groups excluding carboxylic acids is 1. The van der Waals surface area contributed by atoms with Crippen molar-refractivity contribution in [2.45, 2.75) is 76.3 Å². The number of hydrogen-bond donors (Lipinski definition) is 1. The summed E-state index contributed by atoms with van der Waals surface area (Å²) in [6, 6.07) is 3.38. The molecule has 1 atom stereocenters. The van der Waals surface area contributed by atoms with Gasteiger partial charge in [0.15, 0.2) is 0 Å². The van der Waals surface area contributed by atoms with Crippen LogP contribution >= 0.6 is 0 Å². The molecular weight excluding hydrogens is 398 g/mol. The molecule has 1 N–H and O–H groups in total. The normalized spacial score (nSPS) is 23.1. The Kier molecular flexibility index (Phi) is 7.64. The lowest BCUT2D eigenvalue weighted by atomic mass is 9.82. The van der Waals surface area contributed by atoms with E-state index in [1.807, 2.05) is 13.0 Å². The molecule has 0 bridgehead atoms. The number of nitrogens with one attached hydrogen (secondary N) is 1. The first-order valence-corrected chi connectivity index (χ1v) is 11.0. The predicted molar refractivity (Wildman–Crippen MR) is 107 cm³/mol. The van der Waals surface area contributed by atoms with Crippen molar-refractivity contribution in [2.75, 3.05) is 13.2 Å². The van der Waals surface area contributed by atoms with Gasteiger partial charge in [-0.1, -0.05) is 6.92 Å². The van der Waals surface area contributed by atoms with Gasteiger partial charge in [-0.15, -0.1) is 0 Å². The van der Waals surface area contributed by atoms with E-state index in [9.17, 15) is 22.4 Å². The summed E-state index contributed by atoms with van der Waals surface area (Å²) in [6.07, 6.45) is 1.49. The molecule has 0 radical (unpaired) electrons. The van der Waals surface area contributed by atoms with E-state index in [1.165, 1.54) is 6.07 Å². The van der Waals surface area contributed by atoms with Gasteiger partial charge < -0.3 is 10.1 Å². The number of carbonyl (C=O) groups is 1. The van der Waals surface area contributed by atoms with Crippen molar-refractivity contribution in [1.29, 1.82) is 0 Å². The number of hydrogen-bond acceptors (Lipinski definition) is 2. The van der Waals surface area contributed by atoms with Crippen LogP contribution in [-0.2, 0) is 4.79 Å². The Balaban J connectivity index is 1.60. The van der Waals surface area contributed by atoms with Crippen LogP contribution in [0.15, 0.2) is 12.1 Å². The topological polar surface area (TPSA) is 38.3 Å². The maximum absolute atomic E-state index is 14.8. The monoisotopic (exact) mass is 429 g/mol. The molecule has 7 heteroatoms. The van der Waals surface area contributed by atoms with Gasteiger partial charge in [-0.3, -0.25) is 4.79 Å². The van der Waals surface area contributed by atoms with Gasteiger partial charge in [0.2, 0.25) is 6.41 Å². The van der Waals surface area contributed by atoms with Crippen LogP contribution in [0.4, 0.5) is 17.6 Å². The highest BCUT2D eigenvalue weighted by Crippen LogP contribution is 2.46. The Morgan fingerprint density at radius 3 is 2.47 bits per heavy atom. The number of amides is 1. The Bertz CT molecular complexity index is 710. The SMILES string of the molecule is CC(CCCNC=O)c1cc(C2CC2)c(OCC2CCC(C(F)(F)F)CC2)cc1F. The molecule has 1 amide bonds. The van der Waals surface area contributed by atoms with E-state index in [2.05, 4.69) is 5.32 Å². The quantitative estimate of drug-likeness (QED) is 0.278. The van der Waals surface area contributed by atoms with Gasteiger partial charge in [-0.05, 0) is 86.3 Å². The molecule has 0 saturated heterocycles. The molecule has 3 rings (SSSR count). The van der Waals surface area contributed by atoms with Crippen LogP contribution in [0, 0.1) is 17.7 Å². The number of benzene rings is 1. The second kappa shape index (κ2) is 10.0. The number of alkyl halides is 3. The number of ether oxygens (including phenoxy) is 1. The lowest BCUT2D eigenvalue weighted by Crippen LogP contribution is -2.29. The third kappa shape index (κ3) is 6.11. The van der Waals surface area contributed by atoms with Gasteiger partial charge in [-0.2, -0.15) is 13.2 Å². The molecule has 2 aliphatic rings. The smallest absolute Gasteiger partial charge is 0.391 e. The first-order valence-electron chi connectivity index (χ1n) is 11.0. The molecule has 0 aliphatic heterocycles. The summed E-state index contributed by atoms with van der Waals surface area (Å²) in [7, 11) is 0. The Labute approximate surface area is 175 Å². The van der Waals surface area contributed by atoms with Crippen molar-refractivity contribution < 1.29 is 27.1 Å². The van der Waals surface area contributed by atoms with E-state index in [4.69, 9.17) is 4.74 Å². The van der Waals surface area contributed by atoms with Crippen molar-refractivity contribution >= 4 is 6.41 Å². The summed E-state index contributed by atoms with van der Waals surface area (Å²) < 4.78 is 59.3. The third-order valence-electron chi connectivity index (χ3n) is 6.50. The molecule has 168 valence electrons. The van der Waals surface area contributed by atoms with Gasteiger partial charge in [0.25, 0.3) is 0 Å². The van der Waals surface area contributed by atoms with Crippen LogP contribution in [-0.4, -0.2) is 25.7 Å². The summed E-state index contributed by atoms with van der Waals surface area (Å²) >= 11 is 0. The lowest BCUT2D eigenvalue weighted by Gasteiger charge is -2.30. The van der Waals surface area contributed by atoms with Crippen molar-refractivity contribution in [3.8, 4) is 5.75 Å². The van der Waals surface area contributed by atoms with Crippen LogP contribution in [0.5, 0.6) is 5.75 Å². The summed E-state index contributed by atoms with van der Waals surface area (Å²) in [5, 5.41) is 2.62. The average Bonchev–Trinajstić information content (AvgIpc) is 3.54. The predicted octanol–water partition coefficient (Wildman–Crippen LogP) is 6.08. The second-order valence-electron chi connectivity index (χ2n) is 8.87. The zero-order chi connectivity index (χ0) is 21.7. The molecule has 1 aromatic rings. The standard InChI is InChI=1S/C23H31F4NO2/c1-15(3-2-10-28-14-29)19-11-20(17-6-7-17)22(12-21(19)24)30-13-16-4-8-18(9-5-16)23(25,26)27/h11-12,14-18H,2-10,13H2,1H3,(H,28,29). The van der Waals surface area contributed by atoms with Crippen molar-refractivity contribution in [1.82, 2.24) is 5.32 Å². The summed E-state index contributed by atoms with van der Waals surface area (Å²) in [6.45, 7) is 2.90. The lowest BCUT2D eigenvalue weighted by molar-refractivity contribution is -0.184. The molecule has 2 fully saturated rings. The fourth-order valence-corrected chi connectivity index (χ4v) is 4.39. The first kappa shape index (κ1) is 22.9. The number of rotatable bonds is 10. The van der Waals surface area contributed by atoms with E-state index in [-0.39, 0.29) is 30.5 Å². The van der Waals surface area contributed by atoms with Gasteiger partial charge in [0.1, 0.15) is 11.6 Å². The van der Waals surface area contributed by atoms with E-state index in [1.54, 1.807) is 0 Å². The van der Waals surface area contributed by atoms with Crippen molar-refractivity contribution in [2.24, 2.45) is 11.8 Å². The maximum Gasteiger partial charge on any atom is 0.391 e. The second-order valence-corrected chi connectivity index (χ2v) is 8.87. The fraction of sp³-hybridized carbons (Fsp3) is 0.696. The van der Waals surface area contributed by atoms with Crippen LogP contribution < -0.4 is 10.1 Å². The minimum Gasteiger partial charge on any atom is -0.493 e. The fourth-order valence-electron chi connectivity index (χ4n) is 4.39. The molecule has 1 unspecified atom stereocenters. The highest BCUT2D eigenvalue weighted by Gasteiger charge is 2.41. The summed E-state index contributed by atoms with van der Waals surface area (Å²) in [4.78, 5) is 10.3. The molecule has 0 aromatic heterocycles. The Hall–Kier alpha value is -1.79. The zero-order valence-electron chi connectivity index (χ0n) is 17.4. The van der Waals surface area contributed by atoms with Crippen LogP contribution in [0.2, 0.25) is 0 Å². The van der Waals surface area contributed by atoms with Gasteiger partial charge in [0, 0.05) is 12.6 Å². The minimum absolute atomic E-state index is 0.0302. The molecular formula is C23H31F4NO2. The zero-order valence-corrected chi connectivity index (χ0v) is 17.4.